The molecule has 0 saturated heterocycles. The van der Waals surface area contributed by atoms with E-state index < -0.39 is 33.8 Å². The van der Waals surface area contributed by atoms with Crippen molar-refractivity contribution in [2.45, 2.75) is 44.4 Å². The van der Waals surface area contributed by atoms with Gasteiger partial charge >= 0.3 is 23.8 Å². The van der Waals surface area contributed by atoms with Gasteiger partial charge in [0.05, 0.1) is 18.1 Å². The lowest BCUT2D eigenvalue weighted by molar-refractivity contribution is -0.153. The summed E-state index contributed by atoms with van der Waals surface area (Å²) in [7, 11) is -4.34. The molecule has 2 rings (SSSR count). The Bertz CT molecular complexity index is 939. The lowest BCUT2D eigenvalue weighted by atomic mass is 9.90. The molecule has 1 aliphatic carbocycles. The van der Waals surface area contributed by atoms with Gasteiger partial charge in [-0.25, -0.2) is 22.7 Å². The van der Waals surface area contributed by atoms with Crippen molar-refractivity contribution in [1.29, 1.82) is 0 Å². The number of benzene rings is 1. The topological polar surface area (TPSA) is 145 Å². The van der Waals surface area contributed by atoms with Crippen molar-refractivity contribution < 1.29 is 37.1 Å². The first-order valence-electron chi connectivity index (χ1n) is 9.08. The summed E-state index contributed by atoms with van der Waals surface area (Å²) in [4.78, 5) is 46.5. The van der Waals surface area contributed by atoms with Crippen molar-refractivity contribution in [2.75, 3.05) is 18.5 Å². The number of amides is 2. The smallest absolute Gasteiger partial charge is 0.397 e. The molecule has 29 heavy (non-hydrogen) atoms. The molecule has 0 spiro atoms. The van der Waals surface area contributed by atoms with Crippen molar-refractivity contribution in [3.05, 3.63) is 23.3 Å². The van der Waals surface area contributed by atoms with E-state index in [1.54, 1.807) is 11.6 Å². The Hall–Kier alpha value is -2.95. The summed E-state index contributed by atoms with van der Waals surface area (Å²) in [5, 5.41) is 2.44. The highest BCUT2D eigenvalue weighted by Gasteiger charge is 2.29. The minimum Gasteiger partial charge on any atom is -0.459 e. The first-order valence-corrected chi connectivity index (χ1v) is 10.6. The number of sulfonamides is 1. The Labute approximate surface area is 168 Å². The summed E-state index contributed by atoms with van der Waals surface area (Å²) in [6.07, 6.45) is 2.33. The molecule has 158 valence electrons. The van der Waals surface area contributed by atoms with E-state index in [0.717, 1.165) is 6.42 Å². The Balaban J connectivity index is 2.35. The molecule has 0 bridgehead atoms. The first kappa shape index (κ1) is 22.3. The molecule has 0 aliphatic heterocycles. The van der Waals surface area contributed by atoms with Gasteiger partial charge in [0.1, 0.15) is 0 Å². The molecule has 0 fully saturated rings. The average molecular weight is 426 g/mol. The van der Waals surface area contributed by atoms with Crippen LogP contribution in [-0.4, -0.2) is 45.4 Å². The van der Waals surface area contributed by atoms with Crippen LogP contribution in [0.25, 0.3) is 0 Å². The predicted molar refractivity (Wildman–Crippen MR) is 100 cm³/mol. The zero-order chi connectivity index (χ0) is 21.6. The molecule has 0 heterocycles. The maximum Gasteiger partial charge on any atom is 0.397 e. The van der Waals surface area contributed by atoms with Crippen LogP contribution in [0.1, 0.15) is 37.8 Å². The number of hydrogen-bond donors (Lipinski definition) is 2. The van der Waals surface area contributed by atoms with Crippen LogP contribution in [0.15, 0.2) is 17.0 Å². The highest BCUT2D eigenvalue weighted by molar-refractivity contribution is 7.90. The van der Waals surface area contributed by atoms with Crippen LogP contribution in [0.3, 0.4) is 0 Å². The molecule has 11 heteroatoms. The summed E-state index contributed by atoms with van der Waals surface area (Å²) in [5.74, 6) is -4.71. The van der Waals surface area contributed by atoms with Gasteiger partial charge in [-0.3, -0.25) is 9.59 Å². The van der Waals surface area contributed by atoms with Gasteiger partial charge in [-0.05, 0) is 62.8 Å². The monoisotopic (exact) mass is 426 g/mol. The number of carbonyl (C=O) groups excluding carboxylic acids is 4. The molecule has 0 atom stereocenters. The van der Waals surface area contributed by atoms with Gasteiger partial charge < -0.3 is 14.8 Å². The van der Waals surface area contributed by atoms with Crippen LogP contribution in [0.2, 0.25) is 0 Å². The normalized spacial score (nSPS) is 13.0. The van der Waals surface area contributed by atoms with Gasteiger partial charge in [-0.15, -0.1) is 0 Å². The Morgan fingerprint density at radius 2 is 1.45 bits per heavy atom. The Kier molecular flexibility index (Phi) is 7.32. The standard InChI is InChI=1S/C18H22N2O8S/c1-3-27-17(23)15(21)19-13-9-10-14(12-8-6-5-7-11(12)13)29(25,26)20-16(22)18(24)28-4-2/h9-10H,3-8H2,1-2H3,(H,19,21)(H,20,22). The minimum atomic E-state index is -4.34. The molecule has 2 N–H and O–H groups in total. The number of nitrogens with one attached hydrogen (secondary N) is 2. The van der Waals surface area contributed by atoms with Gasteiger partial charge in [0.15, 0.2) is 0 Å². The van der Waals surface area contributed by atoms with Gasteiger partial charge in [0.25, 0.3) is 10.0 Å². The predicted octanol–water partition coefficient (Wildman–Crippen LogP) is 0.435. The van der Waals surface area contributed by atoms with E-state index >= 15 is 0 Å². The molecule has 0 unspecified atom stereocenters. The lowest BCUT2D eigenvalue weighted by Crippen LogP contribution is -2.37. The van der Waals surface area contributed by atoms with E-state index in [1.165, 1.54) is 19.1 Å². The van der Waals surface area contributed by atoms with Crippen molar-refractivity contribution in [1.82, 2.24) is 4.72 Å². The minimum absolute atomic E-state index is 0.0434. The number of fused-ring (bicyclic) bond motifs is 1. The number of carbonyl (C=O) groups is 4. The molecule has 0 radical (unpaired) electrons. The van der Waals surface area contributed by atoms with Gasteiger partial charge in [0.2, 0.25) is 0 Å². The molecule has 1 aromatic carbocycles. The number of hydrogen-bond acceptors (Lipinski definition) is 8. The second kappa shape index (κ2) is 9.50. The fourth-order valence-electron chi connectivity index (χ4n) is 2.99. The van der Waals surface area contributed by atoms with Gasteiger partial charge in [-0.2, -0.15) is 0 Å². The van der Waals surface area contributed by atoms with Crippen molar-refractivity contribution >= 4 is 39.5 Å². The van der Waals surface area contributed by atoms with E-state index in [-0.39, 0.29) is 18.1 Å². The number of ether oxygens (including phenoxy) is 2. The molecule has 1 aromatic rings. The fourth-order valence-corrected chi connectivity index (χ4v) is 4.22. The fraction of sp³-hybridized carbons (Fsp3) is 0.444. The van der Waals surface area contributed by atoms with E-state index in [0.29, 0.717) is 36.1 Å². The number of rotatable bonds is 5. The second-order valence-electron chi connectivity index (χ2n) is 6.11. The van der Waals surface area contributed by atoms with Crippen LogP contribution in [0.5, 0.6) is 0 Å². The van der Waals surface area contributed by atoms with Crippen LogP contribution in [-0.2, 0) is 51.5 Å². The SMILES string of the molecule is CCOC(=O)C(=O)Nc1ccc(S(=O)(=O)NC(=O)C(=O)OCC)c2c1CCCC2. The second-order valence-corrected chi connectivity index (χ2v) is 7.76. The molecule has 10 nitrogen and oxygen atoms in total. The van der Waals surface area contributed by atoms with E-state index in [1.807, 2.05) is 0 Å². The zero-order valence-electron chi connectivity index (χ0n) is 16.1. The van der Waals surface area contributed by atoms with Gasteiger partial charge in [-0.1, -0.05) is 0 Å². The highest BCUT2D eigenvalue weighted by Crippen LogP contribution is 2.33. The van der Waals surface area contributed by atoms with Crippen LogP contribution >= 0.6 is 0 Å². The molecule has 1 aliphatic rings. The third-order valence-corrected chi connectivity index (χ3v) is 5.59. The maximum atomic E-state index is 12.6. The van der Waals surface area contributed by atoms with Crippen molar-refractivity contribution in [3.8, 4) is 0 Å². The third kappa shape index (κ3) is 5.31. The first-order chi connectivity index (χ1) is 13.7. The van der Waals surface area contributed by atoms with E-state index in [9.17, 15) is 27.6 Å². The van der Waals surface area contributed by atoms with E-state index in [2.05, 4.69) is 14.8 Å². The lowest BCUT2D eigenvalue weighted by Gasteiger charge is -2.22. The summed E-state index contributed by atoms with van der Waals surface area (Å²) in [6.45, 7) is 3.02. The maximum absolute atomic E-state index is 12.6. The van der Waals surface area contributed by atoms with Crippen molar-refractivity contribution in [3.63, 3.8) is 0 Å². The average Bonchev–Trinajstić information content (AvgIpc) is 2.68. The summed E-state index contributed by atoms with van der Waals surface area (Å²) in [5.41, 5.74) is 1.27. The summed E-state index contributed by atoms with van der Waals surface area (Å²) < 4.78 is 36.1. The molecular formula is C18H22N2O8S. The van der Waals surface area contributed by atoms with Crippen molar-refractivity contribution in [2.24, 2.45) is 0 Å². The molecule has 0 aromatic heterocycles. The largest absolute Gasteiger partial charge is 0.459 e. The molecular weight excluding hydrogens is 404 g/mol. The quantitative estimate of drug-likeness (QED) is 0.509. The van der Waals surface area contributed by atoms with Crippen LogP contribution < -0.4 is 10.0 Å². The Morgan fingerprint density at radius 3 is 2.03 bits per heavy atom. The van der Waals surface area contributed by atoms with Gasteiger partial charge in [0, 0.05) is 5.69 Å². The zero-order valence-corrected chi connectivity index (χ0v) is 16.9. The number of anilines is 1. The third-order valence-electron chi connectivity index (χ3n) is 4.18. The number of esters is 2. The summed E-state index contributed by atoms with van der Waals surface area (Å²) >= 11 is 0. The van der Waals surface area contributed by atoms with Crippen LogP contribution in [0, 0.1) is 0 Å². The molecule has 0 saturated carbocycles. The summed E-state index contributed by atoms with van der Waals surface area (Å²) in [6, 6.07) is 2.55. The Morgan fingerprint density at radius 1 is 0.897 bits per heavy atom. The highest BCUT2D eigenvalue weighted by atomic mass is 32.2. The molecule has 2 amide bonds. The van der Waals surface area contributed by atoms with Crippen LogP contribution in [0.4, 0.5) is 5.69 Å². The van der Waals surface area contributed by atoms with E-state index in [4.69, 9.17) is 0 Å².